The maximum Gasteiger partial charge on any atom is 0.433 e. The Morgan fingerprint density at radius 3 is 2.25 bits per heavy atom. The van der Waals surface area contributed by atoms with E-state index in [-0.39, 0.29) is 6.54 Å². The molecule has 0 aromatic rings. The zero-order valence-electron chi connectivity index (χ0n) is 12.1. The molecule has 0 aliphatic rings. The first kappa shape index (κ1) is 20.4. The van der Waals surface area contributed by atoms with Gasteiger partial charge >= 0.3 is 6.18 Å². The Bertz CT molecular complexity index is 396. The molecule has 0 aliphatic carbocycles. The van der Waals surface area contributed by atoms with Crippen molar-refractivity contribution >= 4 is 17.5 Å². The van der Waals surface area contributed by atoms with Crippen LogP contribution in [0.4, 0.5) is 13.2 Å². The van der Waals surface area contributed by atoms with Gasteiger partial charge in [0.05, 0.1) is 0 Å². The van der Waals surface area contributed by atoms with Crippen LogP contribution in [-0.4, -0.2) is 37.2 Å². The third-order valence-corrected chi connectivity index (χ3v) is 1.74. The second-order valence-electron chi connectivity index (χ2n) is 3.03. The van der Waals surface area contributed by atoms with E-state index in [0.717, 1.165) is 0 Å². The number of aliphatic imine (C=N–C) groups is 2. The molecule has 0 aromatic carbocycles. The van der Waals surface area contributed by atoms with Gasteiger partial charge in [0.1, 0.15) is 5.71 Å². The molecule has 114 valence electrons. The van der Waals surface area contributed by atoms with Crippen LogP contribution in [0.15, 0.2) is 34.8 Å². The number of carbonyl (C=O) groups is 1. The highest BCUT2D eigenvalue weighted by Crippen LogP contribution is 2.18. The third-order valence-electron chi connectivity index (χ3n) is 1.74. The fourth-order valence-electron chi connectivity index (χ4n) is 0.890. The van der Waals surface area contributed by atoms with Crippen molar-refractivity contribution in [3.63, 3.8) is 0 Å². The van der Waals surface area contributed by atoms with Gasteiger partial charge in [-0.05, 0) is 13.0 Å². The van der Waals surface area contributed by atoms with Crippen LogP contribution in [-0.2, 0) is 4.79 Å². The minimum absolute atomic E-state index is 0.194. The van der Waals surface area contributed by atoms with Gasteiger partial charge in [0, 0.05) is 13.6 Å². The van der Waals surface area contributed by atoms with E-state index in [9.17, 15) is 18.0 Å². The molecule has 1 amide bonds. The Morgan fingerprint density at radius 2 is 1.90 bits per heavy atom. The van der Waals surface area contributed by atoms with Crippen molar-refractivity contribution in [2.45, 2.75) is 26.9 Å². The average molecular weight is 291 g/mol. The van der Waals surface area contributed by atoms with Gasteiger partial charge < -0.3 is 5.32 Å². The minimum Gasteiger partial charge on any atom is -0.346 e. The summed E-state index contributed by atoms with van der Waals surface area (Å²) in [5.74, 6) is -1.33. The lowest BCUT2D eigenvalue weighted by Crippen LogP contribution is -2.32. The summed E-state index contributed by atoms with van der Waals surface area (Å²) in [7, 11) is 1.19. The smallest absolute Gasteiger partial charge is 0.346 e. The van der Waals surface area contributed by atoms with E-state index in [1.807, 2.05) is 13.8 Å². The number of nitrogens with zero attached hydrogens (tertiary/aromatic N) is 2. The number of amidine groups is 1. The van der Waals surface area contributed by atoms with Crippen molar-refractivity contribution in [1.82, 2.24) is 5.32 Å². The van der Waals surface area contributed by atoms with Crippen molar-refractivity contribution < 1.29 is 18.0 Å². The van der Waals surface area contributed by atoms with E-state index in [1.165, 1.54) is 7.05 Å². The fraction of sp³-hybridized carbons (Fsp3) is 0.462. The van der Waals surface area contributed by atoms with Crippen LogP contribution in [0.1, 0.15) is 20.8 Å². The Morgan fingerprint density at radius 1 is 1.35 bits per heavy atom. The summed E-state index contributed by atoms with van der Waals surface area (Å²) >= 11 is 0. The first-order valence-electron chi connectivity index (χ1n) is 6.01. The molecule has 0 aromatic heterocycles. The summed E-state index contributed by atoms with van der Waals surface area (Å²) in [6.45, 7) is 8.94. The lowest BCUT2D eigenvalue weighted by Gasteiger charge is -2.07. The molecule has 0 rings (SSSR count). The number of alkyl halides is 3. The summed E-state index contributed by atoms with van der Waals surface area (Å²) in [5, 5.41) is 2.35. The predicted octanol–water partition coefficient (Wildman–Crippen LogP) is 2.92. The summed E-state index contributed by atoms with van der Waals surface area (Å²) in [6, 6.07) is 0. The second-order valence-corrected chi connectivity index (χ2v) is 3.03. The van der Waals surface area contributed by atoms with Gasteiger partial charge in [-0.15, -0.1) is 0 Å². The van der Waals surface area contributed by atoms with Gasteiger partial charge in [0.2, 0.25) is 5.84 Å². The highest BCUT2D eigenvalue weighted by Gasteiger charge is 2.34. The lowest BCUT2D eigenvalue weighted by molar-refractivity contribution is -0.114. The molecule has 20 heavy (non-hydrogen) atoms. The number of nitrogens with one attached hydrogen (secondary N) is 1. The van der Waals surface area contributed by atoms with E-state index in [0.29, 0.717) is 6.08 Å². The first-order chi connectivity index (χ1) is 9.36. The second kappa shape index (κ2) is 11.0. The minimum atomic E-state index is -4.67. The summed E-state index contributed by atoms with van der Waals surface area (Å²) in [5.41, 5.74) is -1.26. The highest BCUT2D eigenvalue weighted by atomic mass is 19.4. The number of allylic oxidation sites excluding steroid dienone is 2. The van der Waals surface area contributed by atoms with Crippen LogP contribution in [0.25, 0.3) is 0 Å². The molecule has 0 fully saturated rings. The van der Waals surface area contributed by atoms with Gasteiger partial charge in [-0.1, -0.05) is 32.6 Å². The zero-order chi connectivity index (χ0) is 16.2. The molecular weight excluding hydrogens is 271 g/mol. The molecule has 7 heteroatoms. The standard InChI is InChI=1S/C11H14F3N3O.C2H6/c1-4-6-7-16-10(18)9(15-3)17-8(5-2)11(12,13)14;1-2/h4-6H,2,7H2,1,3H3,(H,16,18);1-2H3/b6-4+,15-9?,17-8?;. The van der Waals surface area contributed by atoms with Crippen LogP contribution in [0, 0.1) is 0 Å². The summed E-state index contributed by atoms with van der Waals surface area (Å²) < 4.78 is 37.2. The molecule has 0 heterocycles. The maximum absolute atomic E-state index is 12.4. The Kier molecular flexibility index (Phi) is 11.2. The molecular formula is C13H20F3N3O. The van der Waals surface area contributed by atoms with Gasteiger partial charge in [0.25, 0.3) is 5.91 Å². The molecule has 0 spiro atoms. The van der Waals surface area contributed by atoms with Crippen LogP contribution in [0.2, 0.25) is 0 Å². The summed E-state index contributed by atoms with van der Waals surface area (Å²) in [4.78, 5) is 18.0. The van der Waals surface area contributed by atoms with Crippen molar-refractivity contribution in [2.75, 3.05) is 13.6 Å². The molecule has 0 saturated carbocycles. The highest BCUT2D eigenvalue weighted by molar-refractivity contribution is 6.40. The fourth-order valence-corrected chi connectivity index (χ4v) is 0.890. The van der Waals surface area contributed by atoms with Crippen LogP contribution < -0.4 is 5.32 Å². The molecule has 0 saturated heterocycles. The maximum atomic E-state index is 12.4. The van der Waals surface area contributed by atoms with Crippen LogP contribution in [0.5, 0.6) is 0 Å². The van der Waals surface area contributed by atoms with Gasteiger partial charge in [-0.3, -0.25) is 9.79 Å². The van der Waals surface area contributed by atoms with Crippen molar-refractivity contribution in [1.29, 1.82) is 0 Å². The number of hydrogen-bond donors (Lipinski definition) is 1. The number of carbonyl (C=O) groups excluding carboxylic acids is 1. The SMILES string of the molecule is C=CC(=NC(=NC)C(=O)NC/C=C/C)C(F)(F)F.CC. The lowest BCUT2D eigenvalue weighted by atomic mass is 10.3. The van der Waals surface area contributed by atoms with Gasteiger partial charge in [0.15, 0.2) is 0 Å². The molecule has 0 aliphatic heterocycles. The Balaban J connectivity index is 0. The van der Waals surface area contributed by atoms with Gasteiger partial charge in [-0.25, -0.2) is 4.99 Å². The molecule has 0 atom stereocenters. The van der Waals surface area contributed by atoms with Crippen LogP contribution >= 0.6 is 0 Å². The van der Waals surface area contributed by atoms with E-state index in [4.69, 9.17) is 0 Å². The number of halogens is 3. The van der Waals surface area contributed by atoms with E-state index in [2.05, 4.69) is 21.9 Å². The predicted molar refractivity (Wildman–Crippen MR) is 76.2 cm³/mol. The molecule has 0 bridgehead atoms. The van der Waals surface area contributed by atoms with Crippen molar-refractivity contribution in [3.8, 4) is 0 Å². The van der Waals surface area contributed by atoms with Crippen molar-refractivity contribution in [2.24, 2.45) is 9.98 Å². The van der Waals surface area contributed by atoms with Crippen LogP contribution in [0.3, 0.4) is 0 Å². The molecule has 4 nitrogen and oxygen atoms in total. The quantitative estimate of drug-likeness (QED) is 0.485. The zero-order valence-corrected chi connectivity index (χ0v) is 12.1. The topological polar surface area (TPSA) is 53.8 Å². The Hall–Kier alpha value is -1.92. The molecule has 1 N–H and O–H groups in total. The van der Waals surface area contributed by atoms with E-state index < -0.39 is 23.6 Å². The summed E-state index contributed by atoms with van der Waals surface area (Å²) in [6.07, 6.45) is -0.810. The Labute approximate surface area is 117 Å². The average Bonchev–Trinajstić information content (AvgIpc) is 2.41. The molecule has 0 radical (unpaired) electrons. The van der Waals surface area contributed by atoms with Gasteiger partial charge in [-0.2, -0.15) is 13.2 Å². The van der Waals surface area contributed by atoms with E-state index >= 15 is 0 Å². The normalized spacial score (nSPS) is 12.8. The third kappa shape index (κ3) is 8.23. The molecule has 0 unspecified atom stereocenters. The number of hydrogen-bond acceptors (Lipinski definition) is 2. The first-order valence-corrected chi connectivity index (χ1v) is 6.01. The largest absolute Gasteiger partial charge is 0.433 e. The number of amides is 1. The van der Waals surface area contributed by atoms with Crippen molar-refractivity contribution in [3.05, 3.63) is 24.8 Å². The number of rotatable bonds is 3. The monoisotopic (exact) mass is 291 g/mol. The van der Waals surface area contributed by atoms with E-state index in [1.54, 1.807) is 19.1 Å².